The van der Waals surface area contributed by atoms with Crippen LogP contribution < -0.4 is 5.32 Å². The van der Waals surface area contributed by atoms with E-state index < -0.39 is 5.60 Å². The zero-order valence-corrected chi connectivity index (χ0v) is 15.1. The van der Waals surface area contributed by atoms with Gasteiger partial charge in [-0.25, -0.2) is 4.79 Å². The summed E-state index contributed by atoms with van der Waals surface area (Å²) in [6.45, 7) is 11.5. The first-order valence-corrected chi connectivity index (χ1v) is 9.26. The van der Waals surface area contributed by atoms with Crippen molar-refractivity contribution in [1.82, 2.24) is 10.2 Å². The molecule has 2 aliphatic rings. The Balaban J connectivity index is 2.01. The van der Waals surface area contributed by atoms with Crippen LogP contribution in [0.4, 0.5) is 4.79 Å². The van der Waals surface area contributed by atoms with Gasteiger partial charge in [-0.05, 0) is 71.8 Å². The number of piperidine rings is 1. The van der Waals surface area contributed by atoms with E-state index in [2.05, 4.69) is 11.9 Å². The van der Waals surface area contributed by atoms with Gasteiger partial charge in [0.05, 0.1) is 0 Å². The number of likely N-dealkylation sites (tertiary alicyclic amines) is 1. The first-order chi connectivity index (χ1) is 10.9. The lowest BCUT2D eigenvalue weighted by molar-refractivity contribution is -0.0000609. The highest BCUT2D eigenvalue weighted by Gasteiger charge is 2.40. The molecule has 23 heavy (non-hydrogen) atoms. The highest BCUT2D eigenvalue weighted by Crippen LogP contribution is 2.36. The van der Waals surface area contributed by atoms with Crippen molar-refractivity contribution in [1.29, 1.82) is 0 Å². The number of hydrogen-bond acceptors (Lipinski definition) is 3. The molecule has 3 unspecified atom stereocenters. The summed E-state index contributed by atoms with van der Waals surface area (Å²) in [6.07, 6.45) is 9.97. The maximum Gasteiger partial charge on any atom is 0.410 e. The summed E-state index contributed by atoms with van der Waals surface area (Å²) in [7, 11) is 0. The number of carbonyl (C=O) groups is 1. The van der Waals surface area contributed by atoms with E-state index in [0.29, 0.717) is 18.0 Å². The average molecular weight is 322 g/mol. The van der Waals surface area contributed by atoms with Crippen LogP contribution in [-0.4, -0.2) is 41.8 Å². The molecule has 0 spiro atoms. The lowest BCUT2D eigenvalue weighted by Gasteiger charge is -2.41. The van der Waals surface area contributed by atoms with Crippen molar-refractivity contribution in [3.8, 4) is 0 Å². The molecule has 4 nitrogen and oxygen atoms in total. The predicted molar refractivity (Wildman–Crippen MR) is 94.5 cm³/mol. The first kappa shape index (κ1) is 18.3. The molecule has 1 N–H and O–H groups in total. The van der Waals surface area contributed by atoms with Gasteiger partial charge in [0, 0.05) is 18.6 Å². The molecule has 4 heteroatoms. The minimum absolute atomic E-state index is 0.126. The minimum atomic E-state index is -0.420. The Kier molecular flexibility index (Phi) is 6.51. The van der Waals surface area contributed by atoms with Crippen molar-refractivity contribution in [2.24, 2.45) is 5.92 Å². The zero-order chi connectivity index (χ0) is 16.9. The fourth-order valence-electron chi connectivity index (χ4n) is 4.02. The van der Waals surface area contributed by atoms with Gasteiger partial charge in [0.1, 0.15) is 5.60 Å². The second-order valence-corrected chi connectivity index (χ2v) is 7.97. The molecule has 1 aliphatic heterocycles. The van der Waals surface area contributed by atoms with Crippen LogP contribution in [0.5, 0.6) is 0 Å². The molecule has 2 fully saturated rings. The van der Waals surface area contributed by atoms with E-state index >= 15 is 0 Å². The molecule has 3 atom stereocenters. The molecule has 1 saturated heterocycles. The van der Waals surface area contributed by atoms with Gasteiger partial charge in [0.25, 0.3) is 0 Å². The number of carbonyl (C=O) groups excluding carboxylic acids is 1. The van der Waals surface area contributed by atoms with Gasteiger partial charge >= 0.3 is 6.09 Å². The van der Waals surface area contributed by atoms with Crippen LogP contribution in [0.1, 0.15) is 65.7 Å². The van der Waals surface area contributed by atoms with Gasteiger partial charge in [-0.15, -0.1) is 6.58 Å². The van der Waals surface area contributed by atoms with Crippen LogP contribution in [0.2, 0.25) is 0 Å². The Morgan fingerprint density at radius 3 is 2.74 bits per heavy atom. The van der Waals surface area contributed by atoms with Gasteiger partial charge in [-0.2, -0.15) is 0 Å². The topological polar surface area (TPSA) is 41.6 Å². The number of rotatable bonds is 5. The lowest BCUT2D eigenvalue weighted by atomic mass is 9.87. The summed E-state index contributed by atoms with van der Waals surface area (Å²) in [5.74, 6) is 0.563. The number of amides is 1. The molecule has 0 aromatic carbocycles. The van der Waals surface area contributed by atoms with Gasteiger partial charge in [0.2, 0.25) is 0 Å². The molecular weight excluding hydrogens is 288 g/mol. The predicted octanol–water partition coefficient (Wildman–Crippen LogP) is 4.11. The fourth-order valence-corrected chi connectivity index (χ4v) is 4.02. The molecular formula is C19H34N2O2. The van der Waals surface area contributed by atoms with E-state index in [4.69, 9.17) is 4.74 Å². The summed E-state index contributed by atoms with van der Waals surface area (Å²) in [5, 5.41) is 3.69. The van der Waals surface area contributed by atoms with Crippen molar-refractivity contribution in [3.63, 3.8) is 0 Å². The maximum atomic E-state index is 12.6. The quantitative estimate of drug-likeness (QED) is 0.612. The molecule has 132 valence electrons. The standard InChI is InChI=1S/C19H34N2O2/c1-5-6-13-20-16-11-9-10-15(16)17-12-7-8-14-21(17)18(22)23-19(2,3)4/h5,15-17,20H,1,6-14H2,2-4H3. The second-order valence-electron chi connectivity index (χ2n) is 7.97. The number of nitrogens with one attached hydrogen (secondary N) is 1. The summed E-state index contributed by atoms with van der Waals surface area (Å²) < 4.78 is 5.65. The van der Waals surface area contributed by atoms with Crippen LogP contribution in [0.15, 0.2) is 12.7 Å². The molecule has 0 bridgehead atoms. The maximum absolute atomic E-state index is 12.6. The molecule has 2 rings (SSSR count). The lowest BCUT2D eigenvalue weighted by Crippen LogP contribution is -2.52. The van der Waals surface area contributed by atoms with Crippen LogP contribution >= 0.6 is 0 Å². The van der Waals surface area contributed by atoms with E-state index in [0.717, 1.165) is 32.4 Å². The van der Waals surface area contributed by atoms with Crippen LogP contribution in [0.25, 0.3) is 0 Å². The van der Waals surface area contributed by atoms with Gasteiger partial charge in [-0.1, -0.05) is 12.5 Å². The Bertz CT molecular complexity index is 403. The third-order valence-corrected chi connectivity index (χ3v) is 5.00. The van der Waals surface area contributed by atoms with Crippen molar-refractivity contribution in [3.05, 3.63) is 12.7 Å². The molecule has 0 radical (unpaired) electrons. The third-order valence-electron chi connectivity index (χ3n) is 5.00. The zero-order valence-electron chi connectivity index (χ0n) is 15.1. The largest absolute Gasteiger partial charge is 0.444 e. The summed E-state index contributed by atoms with van der Waals surface area (Å²) in [4.78, 5) is 14.6. The summed E-state index contributed by atoms with van der Waals surface area (Å²) in [6, 6.07) is 0.866. The van der Waals surface area contributed by atoms with E-state index in [1.54, 1.807) is 0 Å². The molecule has 1 amide bonds. The molecule has 1 saturated carbocycles. The van der Waals surface area contributed by atoms with Crippen molar-refractivity contribution >= 4 is 6.09 Å². The minimum Gasteiger partial charge on any atom is -0.444 e. The van der Waals surface area contributed by atoms with Crippen molar-refractivity contribution < 1.29 is 9.53 Å². The van der Waals surface area contributed by atoms with Crippen LogP contribution in [-0.2, 0) is 4.74 Å². The van der Waals surface area contributed by atoms with E-state index in [1.165, 1.54) is 25.7 Å². The Morgan fingerprint density at radius 2 is 2.04 bits per heavy atom. The van der Waals surface area contributed by atoms with Crippen molar-refractivity contribution in [2.75, 3.05) is 13.1 Å². The smallest absolute Gasteiger partial charge is 0.410 e. The highest BCUT2D eigenvalue weighted by atomic mass is 16.6. The summed E-state index contributed by atoms with van der Waals surface area (Å²) >= 11 is 0. The Morgan fingerprint density at radius 1 is 1.26 bits per heavy atom. The molecule has 1 heterocycles. The van der Waals surface area contributed by atoms with Crippen molar-refractivity contribution in [2.45, 2.75) is 83.4 Å². The summed E-state index contributed by atoms with van der Waals surface area (Å²) in [5.41, 5.74) is -0.420. The monoisotopic (exact) mass is 322 g/mol. The molecule has 1 aliphatic carbocycles. The SMILES string of the molecule is C=CCCNC1CCCC1C1CCCCN1C(=O)OC(C)(C)C. The molecule has 0 aromatic heterocycles. The van der Waals surface area contributed by atoms with E-state index in [-0.39, 0.29) is 6.09 Å². The fraction of sp³-hybridized carbons (Fsp3) is 0.842. The van der Waals surface area contributed by atoms with Crippen LogP contribution in [0, 0.1) is 5.92 Å². The van der Waals surface area contributed by atoms with Gasteiger partial charge < -0.3 is 15.0 Å². The van der Waals surface area contributed by atoms with Gasteiger partial charge in [-0.3, -0.25) is 0 Å². The first-order valence-electron chi connectivity index (χ1n) is 9.26. The second kappa shape index (κ2) is 8.18. The third kappa shape index (κ3) is 5.23. The van der Waals surface area contributed by atoms with Gasteiger partial charge in [0.15, 0.2) is 0 Å². The normalized spacial score (nSPS) is 28.7. The van der Waals surface area contributed by atoms with E-state index in [9.17, 15) is 4.79 Å². The number of ether oxygens (including phenoxy) is 1. The Labute approximate surface area is 141 Å². The highest BCUT2D eigenvalue weighted by molar-refractivity contribution is 5.68. The van der Waals surface area contributed by atoms with Crippen LogP contribution in [0.3, 0.4) is 0 Å². The number of nitrogens with zero attached hydrogens (tertiary/aromatic N) is 1. The number of hydrogen-bond donors (Lipinski definition) is 1. The Hall–Kier alpha value is -1.03. The van der Waals surface area contributed by atoms with E-state index in [1.807, 2.05) is 31.7 Å². The average Bonchev–Trinajstić information content (AvgIpc) is 2.94. The molecule has 0 aromatic rings.